The van der Waals surface area contributed by atoms with Gasteiger partial charge in [0, 0.05) is 49.9 Å². The zero-order valence-corrected chi connectivity index (χ0v) is 19.0. The van der Waals surface area contributed by atoms with Crippen molar-refractivity contribution < 1.29 is 14.3 Å². The molecule has 2 aromatic carbocycles. The molecule has 2 amide bonds. The molecule has 1 saturated heterocycles. The summed E-state index contributed by atoms with van der Waals surface area (Å²) in [6.07, 6.45) is 3.05. The Morgan fingerprint density at radius 2 is 1.91 bits per heavy atom. The van der Waals surface area contributed by atoms with Gasteiger partial charge in [-0.2, -0.15) is 0 Å². The Bertz CT molecular complexity index is 1120. The fourth-order valence-electron chi connectivity index (χ4n) is 3.91. The second-order valence-electron chi connectivity index (χ2n) is 8.28. The number of ether oxygens (including phenoxy) is 1. The van der Waals surface area contributed by atoms with Crippen molar-refractivity contribution in [1.29, 1.82) is 0 Å². The second-order valence-corrected chi connectivity index (χ2v) is 8.28. The number of nitrogens with one attached hydrogen (secondary N) is 2. The molecule has 172 valence electrons. The van der Waals surface area contributed by atoms with Gasteiger partial charge in [0.05, 0.1) is 6.10 Å². The van der Waals surface area contributed by atoms with Crippen LogP contribution in [-0.4, -0.2) is 45.8 Å². The van der Waals surface area contributed by atoms with Crippen molar-refractivity contribution in [2.75, 3.05) is 18.5 Å². The molecule has 3 aromatic rings. The summed E-state index contributed by atoms with van der Waals surface area (Å²) in [6, 6.07) is 15.0. The first-order valence-electron chi connectivity index (χ1n) is 11.3. The number of carbonyl (C=O) groups is 2. The Kier molecular flexibility index (Phi) is 7.14. The van der Waals surface area contributed by atoms with Gasteiger partial charge in [0.25, 0.3) is 5.91 Å². The molecule has 33 heavy (non-hydrogen) atoms. The van der Waals surface area contributed by atoms with Crippen LogP contribution in [0.15, 0.2) is 48.5 Å². The van der Waals surface area contributed by atoms with E-state index >= 15 is 0 Å². The van der Waals surface area contributed by atoms with Crippen LogP contribution < -0.4 is 10.6 Å². The van der Waals surface area contributed by atoms with Crippen molar-refractivity contribution in [3.8, 4) is 11.4 Å². The SMILES string of the molecule is Cc1ccccc1C(=O)Nc1ccc(-c2nnc(CCC(=O)NCC3CCCO3)n2C)cc1. The summed E-state index contributed by atoms with van der Waals surface area (Å²) in [5.41, 5.74) is 3.17. The molecule has 1 atom stereocenters. The van der Waals surface area contributed by atoms with Gasteiger partial charge in [-0.3, -0.25) is 9.59 Å². The normalized spacial score (nSPS) is 15.4. The lowest BCUT2D eigenvalue weighted by molar-refractivity contribution is -0.121. The first kappa shape index (κ1) is 22.7. The van der Waals surface area contributed by atoms with E-state index in [1.54, 1.807) is 0 Å². The summed E-state index contributed by atoms with van der Waals surface area (Å²) < 4.78 is 7.43. The number of carbonyl (C=O) groups excluding carboxylic acids is 2. The van der Waals surface area contributed by atoms with E-state index in [1.165, 1.54) is 0 Å². The fourth-order valence-corrected chi connectivity index (χ4v) is 3.91. The quantitative estimate of drug-likeness (QED) is 0.552. The van der Waals surface area contributed by atoms with Crippen molar-refractivity contribution in [1.82, 2.24) is 20.1 Å². The highest BCUT2D eigenvalue weighted by molar-refractivity contribution is 6.05. The molecule has 4 rings (SSSR count). The van der Waals surface area contributed by atoms with Crippen LogP contribution in [0.2, 0.25) is 0 Å². The highest BCUT2D eigenvalue weighted by Crippen LogP contribution is 2.21. The molecule has 1 aliphatic heterocycles. The topological polar surface area (TPSA) is 98.1 Å². The van der Waals surface area contributed by atoms with E-state index in [0.29, 0.717) is 36.5 Å². The zero-order chi connectivity index (χ0) is 23.2. The summed E-state index contributed by atoms with van der Waals surface area (Å²) in [4.78, 5) is 24.7. The van der Waals surface area contributed by atoms with Crippen molar-refractivity contribution in [3.05, 3.63) is 65.5 Å². The minimum Gasteiger partial charge on any atom is -0.376 e. The fraction of sp³-hybridized carbons (Fsp3) is 0.360. The number of benzene rings is 2. The Hall–Kier alpha value is -3.52. The van der Waals surface area contributed by atoms with Crippen LogP contribution in [0.25, 0.3) is 11.4 Å². The molecule has 2 N–H and O–H groups in total. The minimum atomic E-state index is -0.139. The maximum atomic E-state index is 12.5. The molecule has 0 saturated carbocycles. The smallest absolute Gasteiger partial charge is 0.255 e. The number of nitrogens with zero attached hydrogens (tertiary/aromatic N) is 3. The molecule has 2 heterocycles. The van der Waals surface area contributed by atoms with Gasteiger partial charge in [-0.05, 0) is 55.7 Å². The molecule has 1 aliphatic rings. The third kappa shape index (κ3) is 5.64. The van der Waals surface area contributed by atoms with Gasteiger partial charge in [-0.1, -0.05) is 18.2 Å². The van der Waals surface area contributed by atoms with Crippen LogP contribution in [0.4, 0.5) is 5.69 Å². The van der Waals surface area contributed by atoms with Crippen molar-refractivity contribution in [2.45, 2.75) is 38.7 Å². The van der Waals surface area contributed by atoms with Crippen LogP contribution in [0.3, 0.4) is 0 Å². The van der Waals surface area contributed by atoms with Crippen LogP contribution in [0.1, 0.15) is 41.0 Å². The monoisotopic (exact) mass is 447 g/mol. The van der Waals surface area contributed by atoms with E-state index in [-0.39, 0.29) is 17.9 Å². The van der Waals surface area contributed by atoms with Gasteiger partial charge in [-0.25, -0.2) is 0 Å². The number of amides is 2. The first-order chi connectivity index (χ1) is 16.0. The van der Waals surface area contributed by atoms with Crippen LogP contribution in [0.5, 0.6) is 0 Å². The molecular weight excluding hydrogens is 418 g/mol. The zero-order valence-electron chi connectivity index (χ0n) is 19.0. The maximum Gasteiger partial charge on any atom is 0.255 e. The molecule has 1 aromatic heterocycles. The average molecular weight is 448 g/mol. The summed E-state index contributed by atoms with van der Waals surface area (Å²) in [5, 5.41) is 14.4. The largest absolute Gasteiger partial charge is 0.376 e. The lowest BCUT2D eigenvalue weighted by atomic mass is 10.1. The van der Waals surface area contributed by atoms with Crippen molar-refractivity contribution in [3.63, 3.8) is 0 Å². The number of anilines is 1. The molecule has 0 spiro atoms. The number of rotatable bonds is 8. The molecule has 8 nitrogen and oxygen atoms in total. The molecular formula is C25H29N5O3. The van der Waals surface area contributed by atoms with Crippen molar-refractivity contribution >= 4 is 17.5 Å². The first-order valence-corrected chi connectivity index (χ1v) is 11.3. The minimum absolute atomic E-state index is 0.0104. The molecule has 1 unspecified atom stereocenters. The molecule has 0 aliphatic carbocycles. The van der Waals surface area contributed by atoms with Gasteiger partial charge in [0.2, 0.25) is 5.91 Å². The van der Waals surface area contributed by atoms with E-state index < -0.39 is 0 Å². The van der Waals surface area contributed by atoms with E-state index in [9.17, 15) is 9.59 Å². The van der Waals surface area contributed by atoms with Crippen molar-refractivity contribution in [2.24, 2.45) is 7.05 Å². The molecule has 0 bridgehead atoms. The summed E-state index contributed by atoms with van der Waals surface area (Å²) in [6.45, 7) is 3.26. The van der Waals surface area contributed by atoms with E-state index in [0.717, 1.165) is 36.4 Å². The summed E-state index contributed by atoms with van der Waals surface area (Å²) >= 11 is 0. The average Bonchev–Trinajstić information content (AvgIpc) is 3.47. The maximum absolute atomic E-state index is 12.5. The molecule has 1 fully saturated rings. The number of hydrogen-bond donors (Lipinski definition) is 2. The van der Waals surface area contributed by atoms with Crippen LogP contribution in [0, 0.1) is 6.92 Å². The Morgan fingerprint density at radius 1 is 1.12 bits per heavy atom. The number of hydrogen-bond acceptors (Lipinski definition) is 5. The number of aryl methyl sites for hydroxylation is 2. The lowest BCUT2D eigenvalue weighted by Gasteiger charge is -2.10. The van der Waals surface area contributed by atoms with Gasteiger partial charge in [0.1, 0.15) is 5.82 Å². The molecule has 0 radical (unpaired) electrons. The predicted molar refractivity (Wildman–Crippen MR) is 126 cm³/mol. The highest BCUT2D eigenvalue weighted by Gasteiger charge is 2.17. The summed E-state index contributed by atoms with van der Waals surface area (Å²) in [7, 11) is 1.89. The van der Waals surface area contributed by atoms with Crippen LogP contribution >= 0.6 is 0 Å². The van der Waals surface area contributed by atoms with Gasteiger partial charge >= 0.3 is 0 Å². The van der Waals surface area contributed by atoms with Crippen LogP contribution in [-0.2, 0) is 23.0 Å². The third-order valence-corrected chi connectivity index (χ3v) is 5.88. The van der Waals surface area contributed by atoms with Gasteiger partial charge < -0.3 is 19.9 Å². The standard InChI is InChI=1S/C25H29N5O3/c1-17-6-3-4-8-21(17)25(32)27-19-11-9-18(10-12-19)24-29-28-22(30(24)2)13-14-23(31)26-16-20-7-5-15-33-20/h3-4,6,8-12,20H,5,7,13-16H2,1-2H3,(H,26,31)(H,27,32). The Morgan fingerprint density at radius 3 is 2.64 bits per heavy atom. The predicted octanol–water partition coefficient (Wildman–Crippen LogP) is 3.27. The molecule has 8 heteroatoms. The van der Waals surface area contributed by atoms with Gasteiger partial charge in [0.15, 0.2) is 5.82 Å². The van der Waals surface area contributed by atoms with E-state index in [2.05, 4.69) is 20.8 Å². The third-order valence-electron chi connectivity index (χ3n) is 5.88. The Labute approximate surface area is 193 Å². The van der Waals surface area contributed by atoms with E-state index in [4.69, 9.17) is 4.74 Å². The van der Waals surface area contributed by atoms with E-state index in [1.807, 2.05) is 67.1 Å². The lowest BCUT2D eigenvalue weighted by Crippen LogP contribution is -2.32. The summed E-state index contributed by atoms with van der Waals surface area (Å²) in [5.74, 6) is 1.30. The Balaban J connectivity index is 1.33. The van der Waals surface area contributed by atoms with Gasteiger partial charge in [-0.15, -0.1) is 10.2 Å². The highest BCUT2D eigenvalue weighted by atomic mass is 16.5. The second kappa shape index (κ2) is 10.4. The number of aromatic nitrogens is 3.